The number of hydrogen-bond donors (Lipinski definition) is 1. The summed E-state index contributed by atoms with van der Waals surface area (Å²) in [6, 6.07) is 6.89. The Morgan fingerprint density at radius 3 is 2.80 bits per heavy atom. The van der Waals surface area contributed by atoms with Crippen LogP contribution in [0.5, 0.6) is 5.75 Å². The molecular weight excluding hydrogens is 257 g/mol. The van der Waals surface area contributed by atoms with Gasteiger partial charge in [0.25, 0.3) is 0 Å². The molecule has 0 saturated heterocycles. The average Bonchev–Trinajstić information content (AvgIpc) is 2.84. The zero-order valence-electron chi connectivity index (χ0n) is 12.1. The summed E-state index contributed by atoms with van der Waals surface area (Å²) in [6.45, 7) is 2.72. The van der Waals surface area contributed by atoms with E-state index in [-0.39, 0.29) is 11.9 Å². The monoisotopic (exact) mass is 277 g/mol. The van der Waals surface area contributed by atoms with Gasteiger partial charge in [-0.1, -0.05) is 6.07 Å². The molecule has 1 heterocycles. The second-order valence-electron chi connectivity index (χ2n) is 4.76. The maximum absolute atomic E-state index is 13.9. The van der Waals surface area contributed by atoms with Gasteiger partial charge in [-0.25, -0.2) is 4.39 Å². The molecule has 0 aliphatic heterocycles. The fourth-order valence-corrected chi connectivity index (χ4v) is 2.16. The lowest BCUT2D eigenvalue weighted by Gasteiger charge is -2.15. The zero-order valence-corrected chi connectivity index (χ0v) is 12.1. The molecule has 0 fully saturated rings. The molecule has 0 bridgehead atoms. The standard InChI is InChI=1S/C15H20FN3O/c1-11(14-5-4-13(20-3)10-15(14)16)17-8-6-12-7-9-18-19(12)2/h4-5,7,9-11,17H,6,8H2,1-3H3. The van der Waals surface area contributed by atoms with Crippen LogP contribution in [-0.4, -0.2) is 23.4 Å². The largest absolute Gasteiger partial charge is 0.497 e. The Bertz CT molecular complexity index is 568. The number of aromatic nitrogens is 2. The molecule has 0 spiro atoms. The fourth-order valence-electron chi connectivity index (χ4n) is 2.16. The molecule has 0 saturated carbocycles. The number of benzene rings is 1. The smallest absolute Gasteiger partial charge is 0.131 e. The van der Waals surface area contributed by atoms with Gasteiger partial charge in [-0.3, -0.25) is 4.68 Å². The van der Waals surface area contributed by atoms with Crippen LogP contribution in [0.1, 0.15) is 24.2 Å². The second kappa shape index (κ2) is 6.52. The maximum Gasteiger partial charge on any atom is 0.131 e. The number of hydrogen-bond acceptors (Lipinski definition) is 3. The lowest BCUT2D eigenvalue weighted by Crippen LogP contribution is -2.23. The van der Waals surface area contributed by atoms with Crippen LogP contribution >= 0.6 is 0 Å². The summed E-state index contributed by atoms with van der Waals surface area (Å²) < 4.78 is 20.8. The van der Waals surface area contributed by atoms with Gasteiger partial charge in [-0.15, -0.1) is 0 Å². The Balaban J connectivity index is 1.91. The van der Waals surface area contributed by atoms with Gasteiger partial charge in [0.2, 0.25) is 0 Å². The lowest BCUT2D eigenvalue weighted by molar-refractivity contribution is 0.409. The minimum absolute atomic E-state index is 0.0471. The Labute approximate surface area is 118 Å². The first-order chi connectivity index (χ1) is 9.61. The Kier molecular flexibility index (Phi) is 4.74. The molecule has 1 unspecified atom stereocenters. The Hall–Kier alpha value is -1.88. The molecular formula is C15H20FN3O. The molecule has 2 aromatic rings. The van der Waals surface area contributed by atoms with E-state index in [1.165, 1.54) is 13.2 Å². The van der Waals surface area contributed by atoms with Crippen molar-refractivity contribution in [3.8, 4) is 5.75 Å². The van der Waals surface area contributed by atoms with Crippen molar-refractivity contribution in [2.75, 3.05) is 13.7 Å². The third-order valence-corrected chi connectivity index (χ3v) is 3.43. The molecule has 108 valence electrons. The minimum atomic E-state index is -0.245. The molecule has 1 aromatic carbocycles. The summed E-state index contributed by atoms with van der Waals surface area (Å²) in [5, 5.41) is 7.44. The first-order valence-corrected chi connectivity index (χ1v) is 6.65. The summed E-state index contributed by atoms with van der Waals surface area (Å²) in [6.07, 6.45) is 2.64. The van der Waals surface area contributed by atoms with Gasteiger partial charge >= 0.3 is 0 Å². The van der Waals surface area contributed by atoms with Gasteiger partial charge in [-0.05, 0) is 19.1 Å². The van der Waals surface area contributed by atoms with Crippen LogP contribution in [0.25, 0.3) is 0 Å². The number of nitrogens with zero attached hydrogens (tertiary/aromatic N) is 2. The minimum Gasteiger partial charge on any atom is -0.497 e. The molecule has 0 aliphatic rings. The number of halogens is 1. The van der Waals surface area contributed by atoms with E-state index in [0.29, 0.717) is 11.3 Å². The van der Waals surface area contributed by atoms with E-state index in [1.807, 2.05) is 24.7 Å². The second-order valence-corrected chi connectivity index (χ2v) is 4.76. The lowest BCUT2D eigenvalue weighted by atomic mass is 10.1. The van der Waals surface area contributed by atoms with Gasteiger partial charge < -0.3 is 10.1 Å². The van der Waals surface area contributed by atoms with Gasteiger partial charge in [0, 0.05) is 49.6 Å². The van der Waals surface area contributed by atoms with Crippen molar-refractivity contribution in [2.24, 2.45) is 7.05 Å². The van der Waals surface area contributed by atoms with Crippen molar-refractivity contribution in [3.05, 3.63) is 47.5 Å². The van der Waals surface area contributed by atoms with Crippen LogP contribution in [0.3, 0.4) is 0 Å². The van der Waals surface area contributed by atoms with E-state index >= 15 is 0 Å². The van der Waals surface area contributed by atoms with Crippen LogP contribution in [-0.2, 0) is 13.5 Å². The van der Waals surface area contributed by atoms with Crippen LogP contribution < -0.4 is 10.1 Å². The molecule has 5 heteroatoms. The number of methoxy groups -OCH3 is 1. The predicted octanol–water partition coefficient (Wildman–Crippen LogP) is 2.46. The zero-order chi connectivity index (χ0) is 14.5. The highest BCUT2D eigenvalue weighted by Gasteiger charge is 2.11. The SMILES string of the molecule is COc1ccc(C(C)NCCc2ccnn2C)c(F)c1. The highest BCUT2D eigenvalue weighted by molar-refractivity contribution is 5.30. The van der Waals surface area contributed by atoms with Crippen molar-refractivity contribution in [2.45, 2.75) is 19.4 Å². The third kappa shape index (κ3) is 3.36. The summed E-state index contributed by atoms with van der Waals surface area (Å²) in [4.78, 5) is 0. The fraction of sp³-hybridized carbons (Fsp3) is 0.400. The van der Waals surface area contributed by atoms with Crippen molar-refractivity contribution >= 4 is 0 Å². The van der Waals surface area contributed by atoms with Crippen LogP contribution in [0.15, 0.2) is 30.5 Å². The first-order valence-electron chi connectivity index (χ1n) is 6.65. The molecule has 0 amide bonds. The van der Waals surface area contributed by atoms with Crippen LogP contribution in [0, 0.1) is 5.82 Å². The molecule has 2 rings (SSSR count). The van der Waals surface area contributed by atoms with Gasteiger partial charge in [0.1, 0.15) is 11.6 Å². The number of ether oxygens (including phenoxy) is 1. The van der Waals surface area contributed by atoms with E-state index in [9.17, 15) is 4.39 Å². The van der Waals surface area contributed by atoms with Gasteiger partial charge in [0.05, 0.1) is 7.11 Å². The quantitative estimate of drug-likeness (QED) is 0.881. The average molecular weight is 277 g/mol. The topological polar surface area (TPSA) is 39.1 Å². The highest BCUT2D eigenvalue weighted by atomic mass is 19.1. The summed E-state index contributed by atoms with van der Waals surface area (Å²) in [5.74, 6) is 0.290. The molecule has 1 atom stereocenters. The summed E-state index contributed by atoms with van der Waals surface area (Å²) in [7, 11) is 3.45. The molecule has 20 heavy (non-hydrogen) atoms. The maximum atomic E-state index is 13.9. The molecule has 1 N–H and O–H groups in total. The van der Waals surface area contributed by atoms with E-state index < -0.39 is 0 Å². The molecule has 0 aliphatic carbocycles. The van der Waals surface area contributed by atoms with Crippen molar-refractivity contribution in [3.63, 3.8) is 0 Å². The number of nitrogens with one attached hydrogen (secondary N) is 1. The Morgan fingerprint density at radius 2 is 2.20 bits per heavy atom. The number of aryl methyl sites for hydroxylation is 1. The predicted molar refractivity (Wildman–Crippen MR) is 76.3 cm³/mol. The Morgan fingerprint density at radius 1 is 1.40 bits per heavy atom. The van der Waals surface area contributed by atoms with Crippen LogP contribution in [0.2, 0.25) is 0 Å². The van der Waals surface area contributed by atoms with Crippen molar-refractivity contribution in [1.29, 1.82) is 0 Å². The molecule has 4 nitrogen and oxygen atoms in total. The summed E-state index contributed by atoms with van der Waals surface area (Å²) in [5.41, 5.74) is 1.80. The van der Waals surface area contributed by atoms with Crippen LogP contribution in [0.4, 0.5) is 4.39 Å². The normalized spacial score (nSPS) is 12.4. The number of rotatable bonds is 6. The van der Waals surface area contributed by atoms with E-state index in [2.05, 4.69) is 10.4 Å². The van der Waals surface area contributed by atoms with Crippen molar-refractivity contribution < 1.29 is 9.13 Å². The van der Waals surface area contributed by atoms with Crippen molar-refractivity contribution in [1.82, 2.24) is 15.1 Å². The first kappa shape index (κ1) is 14.5. The highest BCUT2D eigenvalue weighted by Crippen LogP contribution is 2.21. The van der Waals surface area contributed by atoms with Gasteiger partial charge in [0.15, 0.2) is 0 Å². The van der Waals surface area contributed by atoms with E-state index in [0.717, 1.165) is 18.7 Å². The molecule has 1 aromatic heterocycles. The van der Waals surface area contributed by atoms with E-state index in [4.69, 9.17) is 4.74 Å². The van der Waals surface area contributed by atoms with Gasteiger partial charge in [-0.2, -0.15) is 5.10 Å². The summed E-state index contributed by atoms with van der Waals surface area (Å²) >= 11 is 0. The third-order valence-electron chi connectivity index (χ3n) is 3.43. The van der Waals surface area contributed by atoms with E-state index in [1.54, 1.807) is 18.3 Å². The molecule has 0 radical (unpaired) electrons.